The van der Waals surface area contributed by atoms with Gasteiger partial charge in [0, 0.05) is 18.8 Å². The maximum atomic E-state index is 12.4. The minimum Gasteiger partial charge on any atom is -0.382 e. The minimum absolute atomic E-state index is 0.251. The van der Waals surface area contributed by atoms with Crippen molar-refractivity contribution in [3.63, 3.8) is 0 Å². The van der Waals surface area contributed by atoms with Gasteiger partial charge >= 0.3 is 0 Å². The number of alkyl halides is 2. The Balaban J connectivity index is 1.46. The Hall–Kier alpha value is -4.01. The SMILES string of the molecule is C#CCn1nnc2ccc(Nc3ncc(N4CCC[C@H](C(=O)NCC(F)F)C4)c(N)n3)cc21. The lowest BCUT2D eigenvalue weighted by Gasteiger charge is -2.33. The number of hydrogen-bond donors (Lipinski definition) is 3. The highest BCUT2D eigenvalue weighted by Gasteiger charge is 2.27. The van der Waals surface area contributed by atoms with Gasteiger partial charge in [-0.2, -0.15) is 4.98 Å². The number of hydrogen-bond acceptors (Lipinski definition) is 8. The van der Waals surface area contributed by atoms with Crippen LogP contribution in [0.15, 0.2) is 24.4 Å². The summed E-state index contributed by atoms with van der Waals surface area (Å²) in [7, 11) is 0. The molecular formula is C21H23F2N9O. The summed E-state index contributed by atoms with van der Waals surface area (Å²) in [5.41, 5.74) is 8.97. The van der Waals surface area contributed by atoms with Gasteiger partial charge in [0.2, 0.25) is 11.9 Å². The van der Waals surface area contributed by atoms with Crippen molar-refractivity contribution in [2.45, 2.75) is 25.8 Å². The van der Waals surface area contributed by atoms with Crippen LogP contribution in [0.25, 0.3) is 11.0 Å². The van der Waals surface area contributed by atoms with Crippen molar-refractivity contribution in [3.05, 3.63) is 24.4 Å². The Bertz CT molecular complexity index is 1190. The second kappa shape index (κ2) is 9.64. The lowest BCUT2D eigenvalue weighted by molar-refractivity contribution is -0.125. The summed E-state index contributed by atoms with van der Waals surface area (Å²) in [6.45, 7) is 0.682. The summed E-state index contributed by atoms with van der Waals surface area (Å²) in [6.07, 6.45) is 5.74. The van der Waals surface area contributed by atoms with Crippen LogP contribution in [-0.4, -0.2) is 56.9 Å². The number of terminal acetylenes is 1. The van der Waals surface area contributed by atoms with Gasteiger partial charge in [0.1, 0.15) is 12.1 Å². The molecule has 4 N–H and O–H groups in total. The molecule has 0 bridgehead atoms. The van der Waals surface area contributed by atoms with Gasteiger partial charge < -0.3 is 21.3 Å². The van der Waals surface area contributed by atoms with Crippen LogP contribution in [0.1, 0.15) is 12.8 Å². The lowest BCUT2D eigenvalue weighted by atomic mass is 9.97. The number of carbonyl (C=O) groups excluding carboxylic acids is 1. The van der Waals surface area contributed by atoms with E-state index in [9.17, 15) is 13.6 Å². The van der Waals surface area contributed by atoms with E-state index in [2.05, 4.69) is 36.8 Å². The summed E-state index contributed by atoms with van der Waals surface area (Å²) in [6, 6.07) is 5.47. The smallest absolute Gasteiger partial charge is 0.255 e. The number of benzene rings is 1. The first-order valence-electron chi connectivity index (χ1n) is 10.4. The third-order valence-corrected chi connectivity index (χ3v) is 5.37. The highest BCUT2D eigenvalue weighted by Crippen LogP contribution is 2.28. The van der Waals surface area contributed by atoms with Gasteiger partial charge in [-0.25, -0.2) is 18.4 Å². The van der Waals surface area contributed by atoms with E-state index < -0.39 is 18.9 Å². The number of rotatable bonds is 7. The van der Waals surface area contributed by atoms with Crippen LogP contribution < -0.4 is 21.3 Å². The average molecular weight is 455 g/mol. The topological polar surface area (TPSA) is 127 Å². The molecule has 2 aromatic heterocycles. The van der Waals surface area contributed by atoms with Crippen LogP contribution in [0.3, 0.4) is 0 Å². The van der Waals surface area contributed by atoms with E-state index in [4.69, 9.17) is 12.2 Å². The molecule has 0 radical (unpaired) electrons. The quantitative estimate of drug-likeness (QED) is 0.460. The molecule has 3 aromatic rings. The molecule has 0 spiro atoms. The first-order chi connectivity index (χ1) is 15.9. The minimum atomic E-state index is -2.58. The second-order valence-electron chi connectivity index (χ2n) is 7.67. The van der Waals surface area contributed by atoms with Crippen molar-refractivity contribution in [1.29, 1.82) is 0 Å². The van der Waals surface area contributed by atoms with Crippen molar-refractivity contribution in [2.75, 3.05) is 35.6 Å². The molecule has 12 heteroatoms. The van der Waals surface area contributed by atoms with Crippen molar-refractivity contribution in [1.82, 2.24) is 30.3 Å². The van der Waals surface area contributed by atoms with E-state index in [-0.39, 0.29) is 11.7 Å². The lowest BCUT2D eigenvalue weighted by Crippen LogP contribution is -2.44. The van der Waals surface area contributed by atoms with E-state index in [1.165, 1.54) is 0 Å². The highest BCUT2D eigenvalue weighted by atomic mass is 19.3. The molecule has 1 aromatic carbocycles. The van der Waals surface area contributed by atoms with E-state index in [1.807, 2.05) is 23.1 Å². The van der Waals surface area contributed by atoms with Crippen LogP contribution in [-0.2, 0) is 11.3 Å². The van der Waals surface area contributed by atoms with Crippen LogP contribution in [0, 0.1) is 18.3 Å². The van der Waals surface area contributed by atoms with Crippen molar-refractivity contribution in [3.8, 4) is 12.3 Å². The molecule has 10 nitrogen and oxygen atoms in total. The summed E-state index contributed by atoms with van der Waals surface area (Å²) < 4.78 is 26.4. The standard InChI is InChI=1S/C21H23F2N9O/c1-2-7-32-16-9-14(5-6-15(16)29-30-32)27-21-26-10-17(19(24)28-21)31-8-3-4-13(12-31)20(33)25-11-18(22)23/h1,5-6,9-10,13,18H,3-4,7-8,11-12H2,(H,25,33)(H3,24,26,27,28)/t13-/m0/s1. The van der Waals surface area contributed by atoms with Crippen LogP contribution in [0.4, 0.5) is 31.9 Å². The number of piperidine rings is 1. The first kappa shape index (κ1) is 22.2. The van der Waals surface area contributed by atoms with Gasteiger partial charge in [-0.05, 0) is 31.0 Å². The van der Waals surface area contributed by atoms with Gasteiger partial charge in [-0.1, -0.05) is 11.1 Å². The molecule has 0 aliphatic carbocycles. The molecule has 33 heavy (non-hydrogen) atoms. The van der Waals surface area contributed by atoms with Crippen molar-refractivity contribution < 1.29 is 13.6 Å². The first-order valence-corrected chi connectivity index (χ1v) is 10.4. The number of aromatic nitrogens is 5. The maximum Gasteiger partial charge on any atom is 0.255 e. The van der Waals surface area contributed by atoms with Crippen molar-refractivity contribution in [2.24, 2.45) is 5.92 Å². The fraction of sp³-hybridized carbons (Fsp3) is 0.381. The van der Waals surface area contributed by atoms with Gasteiger partial charge in [-0.15, -0.1) is 11.5 Å². The molecule has 1 fully saturated rings. The highest BCUT2D eigenvalue weighted by molar-refractivity contribution is 5.81. The van der Waals surface area contributed by atoms with Crippen LogP contribution in [0.5, 0.6) is 0 Å². The molecule has 1 amide bonds. The third kappa shape index (κ3) is 5.08. The second-order valence-corrected chi connectivity index (χ2v) is 7.67. The fourth-order valence-electron chi connectivity index (χ4n) is 3.80. The zero-order valence-electron chi connectivity index (χ0n) is 17.7. The molecule has 0 saturated carbocycles. The number of anilines is 4. The van der Waals surface area contributed by atoms with Gasteiger partial charge in [0.05, 0.1) is 29.9 Å². The average Bonchev–Trinajstić information content (AvgIpc) is 3.20. The molecule has 1 saturated heterocycles. The maximum absolute atomic E-state index is 12.4. The van der Waals surface area contributed by atoms with E-state index >= 15 is 0 Å². The molecule has 4 rings (SSSR count). The predicted octanol–water partition coefficient (Wildman–Crippen LogP) is 1.78. The Morgan fingerprint density at radius 2 is 2.24 bits per heavy atom. The molecular weight excluding hydrogens is 432 g/mol. The van der Waals surface area contributed by atoms with E-state index in [0.717, 1.165) is 11.9 Å². The zero-order chi connectivity index (χ0) is 23.4. The normalized spacial score (nSPS) is 16.1. The Morgan fingerprint density at radius 3 is 3.00 bits per heavy atom. The summed E-state index contributed by atoms with van der Waals surface area (Å²) >= 11 is 0. The Kier molecular flexibility index (Phi) is 6.48. The number of fused-ring (bicyclic) bond motifs is 1. The third-order valence-electron chi connectivity index (χ3n) is 5.37. The van der Waals surface area contributed by atoms with Gasteiger partial charge in [0.25, 0.3) is 6.43 Å². The summed E-state index contributed by atoms with van der Waals surface area (Å²) in [5.74, 6) is 2.30. The van der Waals surface area contributed by atoms with E-state index in [1.54, 1.807) is 10.9 Å². The van der Waals surface area contributed by atoms with Crippen LogP contribution >= 0.6 is 0 Å². The number of nitrogens with one attached hydrogen (secondary N) is 2. The van der Waals surface area contributed by atoms with Crippen LogP contribution in [0.2, 0.25) is 0 Å². The van der Waals surface area contributed by atoms with Gasteiger partial charge in [0.15, 0.2) is 5.82 Å². The molecule has 1 aliphatic rings. The van der Waals surface area contributed by atoms with Crippen molar-refractivity contribution >= 4 is 40.1 Å². The van der Waals surface area contributed by atoms with E-state index in [0.29, 0.717) is 48.9 Å². The number of nitrogen functional groups attached to an aromatic ring is 1. The number of nitrogens with two attached hydrogens (primary N) is 1. The summed E-state index contributed by atoms with van der Waals surface area (Å²) in [4.78, 5) is 22.8. The number of amides is 1. The molecule has 172 valence electrons. The van der Waals surface area contributed by atoms with Gasteiger partial charge in [-0.3, -0.25) is 4.79 Å². The largest absolute Gasteiger partial charge is 0.382 e. The predicted molar refractivity (Wildman–Crippen MR) is 120 cm³/mol. The number of nitrogens with zero attached hydrogens (tertiary/aromatic N) is 6. The molecule has 0 unspecified atom stereocenters. The Morgan fingerprint density at radius 1 is 1.39 bits per heavy atom. The monoisotopic (exact) mass is 455 g/mol. The number of halogens is 2. The summed E-state index contributed by atoms with van der Waals surface area (Å²) in [5, 5.41) is 13.5. The molecule has 1 aliphatic heterocycles. The molecule has 3 heterocycles. The zero-order valence-corrected chi connectivity index (χ0v) is 17.7. The Labute approximate surface area is 188 Å². The number of carbonyl (C=O) groups is 1. The fourth-order valence-corrected chi connectivity index (χ4v) is 3.80. The molecule has 1 atom stereocenters.